The van der Waals surface area contributed by atoms with E-state index in [1.54, 1.807) is 0 Å². The van der Waals surface area contributed by atoms with Crippen LogP contribution in [0.4, 0.5) is 0 Å². The summed E-state index contributed by atoms with van der Waals surface area (Å²) >= 11 is 0. The normalized spacial score (nSPS) is 21.4. The highest BCUT2D eigenvalue weighted by Gasteiger charge is 2.20. The molecule has 1 atom stereocenters. The van der Waals surface area contributed by atoms with Gasteiger partial charge in [0.05, 0.1) is 0 Å². The smallest absolute Gasteiger partial charge is 0.00671 e. The van der Waals surface area contributed by atoms with E-state index >= 15 is 0 Å². The molecule has 0 heterocycles. The maximum absolute atomic E-state index is 3.61. The van der Waals surface area contributed by atoms with Crippen molar-refractivity contribution in [3.63, 3.8) is 0 Å². The van der Waals surface area contributed by atoms with Gasteiger partial charge in [0, 0.05) is 6.04 Å². The fourth-order valence-corrected chi connectivity index (χ4v) is 2.19. The van der Waals surface area contributed by atoms with E-state index in [-0.39, 0.29) is 0 Å². The Bertz CT molecular complexity index is 145. The fraction of sp³-hybridized carbons (Fsp3) is 0.833. The minimum Gasteiger partial charge on any atom is -0.314 e. The van der Waals surface area contributed by atoms with Crippen LogP contribution >= 0.6 is 0 Å². The van der Waals surface area contributed by atoms with Crippen LogP contribution in [0.3, 0.4) is 0 Å². The molecule has 1 aliphatic rings. The molecule has 0 bridgehead atoms. The van der Waals surface area contributed by atoms with Gasteiger partial charge in [-0.05, 0) is 45.6 Å². The molecule has 1 N–H and O–H groups in total. The first-order valence-electron chi connectivity index (χ1n) is 5.69. The molecule has 0 aromatic heterocycles. The van der Waals surface area contributed by atoms with Gasteiger partial charge in [0.1, 0.15) is 0 Å². The zero-order valence-electron chi connectivity index (χ0n) is 9.05. The second-order valence-corrected chi connectivity index (χ2v) is 4.15. The van der Waals surface area contributed by atoms with Crippen molar-refractivity contribution in [3.8, 4) is 0 Å². The molecule has 0 radical (unpaired) electrons. The Hall–Kier alpha value is -0.300. The molecule has 1 rings (SSSR count). The van der Waals surface area contributed by atoms with Gasteiger partial charge in [-0.25, -0.2) is 0 Å². The van der Waals surface area contributed by atoms with E-state index < -0.39 is 0 Å². The van der Waals surface area contributed by atoms with E-state index in [1.807, 2.05) is 0 Å². The lowest BCUT2D eigenvalue weighted by molar-refractivity contribution is 0.385. The molecule has 76 valence electrons. The minimum absolute atomic E-state index is 0.729. The van der Waals surface area contributed by atoms with Crippen molar-refractivity contribution < 1.29 is 0 Å². The third kappa shape index (κ3) is 3.95. The Labute approximate surface area is 82.6 Å². The van der Waals surface area contributed by atoms with Gasteiger partial charge < -0.3 is 5.32 Å². The van der Waals surface area contributed by atoms with Gasteiger partial charge in [0.15, 0.2) is 0 Å². The maximum Gasteiger partial charge on any atom is 0.00671 e. The van der Waals surface area contributed by atoms with Gasteiger partial charge in [0.25, 0.3) is 0 Å². The number of allylic oxidation sites excluding steroid dienone is 1. The lowest BCUT2D eigenvalue weighted by atomic mass is 10.00. The summed E-state index contributed by atoms with van der Waals surface area (Å²) in [5, 5.41) is 3.61. The molecule has 1 aliphatic carbocycles. The summed E-state index contributed by atoms with van der Waals surface area (Å²) in [6, 6.07) is 0.729. The minimum atomic E-state index is 0.729. The van der Waals surface area contributed by atoms with Crippen molar-refractivity contribution in [2.24, 2.45) is 5.92 Å². The molecular weight excluding hydrogens is 158 g/mol. The monoisotopic (exact) mass is 181 g/mol. The molecule has 0 spiro atoms. The molecule has 1 unspecified atom stereocenters. The maximum atomic E-state index is 3.61. The summed E-state index contributed by atoms with van der Waals surface area (Å²) < 4.78 is 0. The van der Waals surface area contributed by atoms with Gasteiger partial charge in [-0.3, -0.25) is 0 Å². The molecule has 1 fully saturated rings. The van der Waals surface area contributed by atoms with E-state index in [2.05, 4.69) is 31.3 Å². The lowest BCUT2D eigenvalue weighted by Gasteiger charge is -2.19. The summed E-state index contributed by atoms with van der Waals surface area (Å²) in [7, 11) is 0. The van der Waals surface area contributed by atoms with Gasteiger partial charge in [-0.1, -0.05) is 25.0 Å². The highest BCUT2D eigenvalue weighted by Crippen LogP contribution is 2.27. The quantitative estimate of drug-likeness (QED) is 0.507. The Balaban J connectivity index is 2.06. The first-order chi connectivity index (χ1) is 6.34. The fourth-order valence-electron chi connectivity index (χ4n) is 2.19. The first-order valence-corrected chi connectivity index (χ1v) is 5.69. The van der Waals surface area contributed by atoms with Gasteiger partial charge >= 0.3 is 0 Å². The van der Waals surface area contributed by atoms with Crippen molar-refractivity contribution in [2.75, 3.05) is 6.54 Å². The number of hydrogen-bond acceptors (Lipinski definition) is 1. The standard InChI is InChI=1S/C12H23N/c1-3-4-7-10-13-11(2)12-8-5-6-9-12/h3-4,11-13H,5-10H2,1-2H3/b4-3+. The van der Waals surface area contributed by atoms with E-state index in [4.69, 9.17) is 0 Å². The lowest BCUT2D eigenvalue weighted by Crippen LogP contribution is -2.32. The van der Waals surface area contributed by atoms with Crippen molar-refractivity contribution >= 4 is 0 Å². The highest BCUT2D eigenvalue weighted by atomic mass is 14.9. The van der Waals surface area contributed by atoms with Crippen molar-refractivity contribution in [3.05, 3.63) is 12.2 Å². The molecule has 0 saturated heterocycles. The first kappa shape index (κ1) is 10.8. The van der Waals surface area contributed by atoms with Crippen LogP contribution in [0.1, 0.15) is 46.0 Å². The molecular formula is C12H23N. The predicted molar refractivity (Wildman–Crippen MR) is 58.9 cm³/mol. The summed E-state index contributed by atoms with van der Waals surface area (Å²) in [4.78, 5) is 0. The van der Waals surface area contributed by atoms with Crippen LogP contribution in [0.25, 0.3) is 0 Å². The highest BCUT2D eigenvalue weighted by molar-refractivity contribution is 4.81. The van der Waals surface area contributed by atoms with E-state index in [9.17, 15) is 0 Å². The molecule has 0 aromatic rings. The van der Waals surface area contributed by atoms with E-state index in [1.165, 1.54) is 32.1 Å². The molecule has 1 nitrogen and oxygen atoms in total. The largest absolute Gasteiger partial charge is 0.314 e. The van der Waals surface area contributed by atoms with Crippen LogP contribution in [-0.4, -0.2) is 12.6 Å². The van der Waals surface area contributed by atoms with Crippen LogP contribution in [0.15, 0.2) is 12.2 Å². The molecule has 1 heteroatoms. The Morgan fingerprint density at radius 2 is 2.08 bits per heavy atom. The molecule has 0 aliphatic heterocycles. The van der Waals surface area contributed by atoms with E-state index in [0.29, 0.717) is 0 Å². The van der Waals surface area contributed by atoms with Crippen molar-refractivity contribution in [1.29, 1.82) is 0 Å². The Kier molecular flexibility index (Phi) is 5.14. The van der Waals surface area contributed by atoms with Crippen LogP contribution in [0.2, 0.25) is 0 Å². The van der Waals surface area contributed by atoms with Gasteiger partial charge in [0.2, 0.25) is 0 Å². The summed E-state index contributed by atoms with van der Waals surface area (Å²) in [6.45, 7) is 5.56. The van der Waals surface area contributed by atoms with Gasteiger partial charge in [-0.15, -0.1) is 0 Å². The number of rotatable bonds is 5. The zero-order chi connectivity index (χ0) is 9.52. The average Bonchev–Trinajstić information content (AvgIpc) is 2.65. The van der Waals surface area contributed by atoms with E-state index in [0.717, 1.165) is 18.5 Å². The van der Waals surface area contributed by atoms with Crippen LogP contribution in [-0.2, 0) is 0 Å². The van der Waals surface area contributed by atoms with Crippen LogP contribution in [0, 0.1) is 5.92 Å². The molecule has 1 saturated carbocycles. The zero-order valence-corrected chi connectivity index (χ0v) is 9.05. The summed E-state index contributed by atoms with van der Waals surface area (Å²) in [5.41, 5.74) is 0. The second-order valence-electron chi connectivity index (χ2n) is 4.15. The predicted octanol–water partition coefficient (Wildman–Crippen LogP) is 3.12. The van der Waals surface area contributed by atoms with Gasteiger partial charge in [-0.2, -0.15) is 0 Å². The van der Waals surface area contributed by atoms with Crippen molar-refractivity contribution in [2.45, 2.75) is 52.0 Å². The van der Waals surface area contributed by atoms with Crippen LogP contribution in [0.5, 0.6) is 0 Å². The second kappa shape index (κ2) is 6.20. The average molecular weight is 181 g/mol. The van der Waals surface area contributed by atoms with Crippen molar-refractivity contribution in [1.82, 2.24) is 5.32 Å². The SMILES string of the molecule is C/C=C/CCNC(C)C1CCCC1. The third-order valence-corrected chi connectivity index (χ3v) is 3.12. The molecule has 13 heavy (non-hydrogen) atoms. The Morgan fingerprint density at radius 3 is 2.69 bits per heavy atom. The number of hydrogen-bond donors (Lipinski definition) is 1. The third-order valence-electron chi connectivity index (χ3n) is 3.12. The molecule has 0 amide bonds. The summed E-state index contributed by atoms with van der Waals surface area (Å²) in [6.07, 6.45) is 11.3. The topological polar surface area (TPSA) is 12.0 Å². The summed E-state index contributed by atoms with van der Waals surface area (Å²) in [5.74, 6) is 0.950. The molecule has 0 aromatic carbocycles. The number of nitrogens with one attached hydrogen (secondary N) is 1. The van der Waals surface area contributed by atoms with Crippen LogP contribution < -0.4 is 5.32 Å². The Morgan fingerprint density at radius 1 is 1.38 bits per heavy atom.